The summed E-state index contributed by atoms with van der Waals surface area (Å²) in [6.07, 6.45) is 4.81. The van der Waals surface area contributed by atoms with E-state index < -0.39 is 8.07 Å². The van der Waals surface area contributed by atoms with Crippen LogP contribution in [0, 0.1) is 6.92 Å². The van der Waals surface area contributed by atoms with Gasteiger partial charge in [-0.05, 0) is 80.1 Å². The molecule has 0 saturated heterocycles. The zero-order valence-electron chi connectivity index (χ0n) is 17.6. The molecule has 1 nitrogen and oxygen atoms in total. The topological polar surface area (TPSA) is 13.1 Å². The van der Waals surface area contributed by atoms with E-state index in [-0.39, 0.29) is 0 Å². The van der Waals surface area contributed by atoms with Gasteiger partial charge in [-0.3, -0.25) is 0 Å². The summed E-state index contributed by atoms with van der Waals surface area (Å²) < 4.78 is 5.94. The fourth-order valence-electron chi connectivity index (χ4n) is 5.42. The van der Waals surface area contributed by atoms with Crippen LogP contribution < -0.4 is 0 Å². The van der Waals surface area contributed by atoms with Crippen LogP contribution in [-0.4, -0.2) is 8.07 Å². The van der Waals surface area contributed by atoms with E-state index in [0.29, 0.717) is 11.1 Å². The molecule has 0 aliphatic heterocycles. The lowest BCUT2D eigenvalue weighted by atomic mass is 10.0. The Labute approximate surface area is 164 Å². The molecule has 0 fully saturated rings. The Morgan fingerprint density at radius 2 is 1.52 bits per heavy atom. The van der Waals surface area contributed by atoms with Crippen molar-refractivity contribution in [3.63, 3.8) is 0 Å². The standard InChI is InChI=1S/C25H30OSi/c1-15-11-13-23(26-15)21-9-8-10-22-20(21)12-14-24(22)27(6,7)25-18(4)16(2)17(3)19(25)5/h8-14,24-25H,1-7H3. The first kappa shape index (κ1) is 18.3. The van der Waals surface area contributed by atoms with Crippen molar-refractivity contribution in [3.8, 4) is 11.3 Å². The molecule has 0 N–H and O–H groups in total. The number of fused-ring (bicyclic) bond motifs is 1. The molecule has 0 spiro atoms. The third-order valence-electron chi connectivity index (χ3n) is 7.09. The van der Waals surface area contributed by atoms with Gasteiger partial charge in [-0.1, -0.05) is 54.6 Å². The van der Waals surface area contributed by atoms with Gasteiger partial charge in [0.25, 0.3) is 0 Å². The van der Waals surface area contributed by atoms with E-state index in [1.54, 1.807) is 11.1 Å². The van der Waals surface area contributed by atoms with E-state index in [2.05, 4.69) is 83.3 Å². The molecule has 27 heavy (non-hydrogen) atoms. The van der Waals surface area contributed by atoms with Crippen LogP contribution in [0.3, 0.4) is 0 Å². The minimum Gasteiger partial charge on any atom is -0.461 e. The predicted molar refractivity (Wildman–Crippen MR) is 119 cm³/mol. The third kappa shape index (κ3) is 2.65. The molecule has 0 amide bonds. The average molecular weight is 375 g/mol. The molecule has 1 heterocycles. The van der Waals surface area contributed by atoms with Gasteiger partial charge in [0.2, 0.25) is 0 Å². The second kappa shape index (κ2) is 6.24. The van der Waals surface area contributed by atoms with Gasteiger partial charge in [-0.15, -0.1) is 0 Å². The van der Waals surface area contributed by atoms with E-state index in [9.17, 15) is 0 Å². The summed E-state index contributed by atoms with van der Waals surface area (Å²) in [5.74, 6) is 1.95. The number of furan rings is 1. The molecule has 1 unspecified atom stereocenters. The highest BCUT2D eigenvalue weighted by Crippen LogP contribution is 2.53. The monoisotopic (exact) mass is 374 g/mol. The van der Waals surface area contributed by atoms with Crippen molar-refractivity contribution in [2.24, 2.45) is 0 Å². The highest BCUT2D eigenvalue weighted by Gasteiger charge is 2.45. The summed E-state index contributed by atoms with van der Waals surface area (Å²) in [5, 5.41) is 0. The molecular formula is C25H30OSi. The molecule has 1 aromatic carbocycles. The highest BCUT2D eigenvalue weighted by molar-refractivity contribution is 6.82. The number of allylic oxidation sites excluding steroid dienone is 5. The van der Waals surface area contributed by atoms with Crippen LogP contribution in [0.15, 0.2) is 63.1 Å². The first-order chi connectivity index (χ1) is 12.7. The zero-order valence-corrected chi connectivity index (χ0v) is 18.6. The number of hydrogen-bond acceptors (Lipinski definition) is 1. The number of benzene rings is 1. The van der Waals surface area contributed by atoms with Crippen LogP contribution in [0.25, 0.3) is 17.4 Å². The largest absolute Gasteiger partial charge is 0.461 e. The van der Waals surface area contributed by atoms with E-state index in [1.807, 2.05) is 6.92 Å². The molecule has 4 rings (SSSR count). The van der Waals surface area contributed by atoms with Crippen LogP contribution in [0.5, 0.6) is 0 Å². The van der Waals surface area contributed by atoms with Crippen LogP contribution >= 0.6 is 0 Å². The van der Waals surface area contributed by atoms with Crippen molar-refractivity contribution in [1.29, 1.82) is 0 Å². The summed E-state index contributed by atoms with van der Waals surface area (Å²) in [6, 6.07) is 10.9. The van der Waals surface area contributed by atoms with Gasteiger partial charge in [0.1, 0.15) is 11.5 Å². The summed E-state index contributed by atoms with van der Waals surface area (Å²) in [7, 11) is -1.65. The van der Waals surface area contributed by atoms with Gasteiger partial charge in [-0.25, -0.2) is 0 Å². The van der Waals surface area contributed by atoms with Gasteiger partial charge in [0.05, 0.1) is 8.07 Å². The molecule has 0 bridgehead atoms. The van der Waals surface area contributed by atoms with Gasteiger partial charge in [0.15, 0.2) is 0 Å². The second-order valence-corrected chi connectivity index (χ2v) is 13.8. The molecular weight excluding hydrogens is 344 g/mol. The third-order valence-corrected chi connectivity index (χ3v) is 11.6. The Hall–Kier alpha value is -2.06. The van der Waals surface area contributed by atoms with Gasteiger partial charge in [0, 0.05) is 5.56 Å². The zero-order chi connectivity index (χ0) is 19.5. The number of aryl methyl sites for hydroxylation is 1. The maximum atomic E-state index is 5.94. The Balaban J connectivity index is 1.79. The van der Waals surface area contributed by atoms with Gasteiger partial charge >= 0.3 is 0 Å². The Kier molecular flexibility index (Phi) is 4.23. The molecule has 1 atom stereocenters. The number of hydrogen-bond donors (Lipinski definition) is 0. The summed E-state index contributed by atoms with van der Waals surface area (Å²) in [6.45, 7) is 16.5. The van der Waals surface area contributed by atoms with Crippen molar-refractivity contribution in [1.82, 2.24) is 0 Å². The average Bonchev–Trinajstić information content (AvgIpc) is 3.30. The van der Waals surface area contributed by atoms with E-state index >= 15 is 0 Å². The lowest BCUT2D eigenvalue weighted by Crippen LogP contribution is -2.39. The first-order valence-electron chi connectivity index (χ1n) is 9.96. The van der Waals surface area contributed by atoms with Crippen molar-refractivity contribution in [2.75, 3.05) is 0 Å². The predicted octanol–water partition coefficient (Wildman–Crippen LogP) is 7.67. The molecule has 0 saturated carbocycles. The Morgan fingerprint density at radius 1 is 0.852 bits per heavy atom. The molecule has 2 aromatic rings. The van der Waals surface area contributed by atoms with Crippen molar-refractivity contribution in [2.45, 2.75) is 58.8 Å². The van der Waals surface area contributed by atoms with Crippen molar-refractivity contribution < 1.29 is 4.42 Å². The Bertz CT molecular complexity index is 989. The minimum atomic E-state index is -1.65. The lowest BCUT2D eigenvalue weighted by molar-refractivity contribution is 0.548. The maximum Gasteiger partial charge on any atom is 0.134 e. The van der Waals surface area contributed by atoms with E-state index in [0.717, 1.165) is 11.5 Å². The van der Waals surface area contributed by atoms with Gasteiger partial charge in [-0.2, -0.15) is 0 Å². The quantitative estimate of drug-likeness (QED) is 0.502. The fourth-order valence-corrected chi connectivity index (χ4v) is 10.1. The van der Waals surface area contributed by atoms with E-state index in [4.69, 9.17) is 4.42 Å². The van der Waals surface area contributed by atoms with Crippen molar-refractivity contribution in [3.05, 3.63) is 75.6 Å². The fraction of sp³-hybridized carbons (Fsp3) is 0.360. The molecule has 2 heteroatoms. The van der Waals surface area contributed by atoms with Crippen LogP contribution in [-0.2, 0) is 0 Å². The SMILES string of the molecule is CC1=C(C)C([Si](C)(C)C2C=Cc3c(-c4ccc(C)o4)cccc32)C(C)=C1C. The maximum absolute atomic E-state index is 5.94. The second-order valence-electron chi connectivity index (χ2n) is 8.93. The smallest absolute Gasteiger partial charge is 0.134 e. The summed E-state index contributed by atoms with van der Waals surface area (Å²) in [4.78, 5) is 0. The molecule has 0 radical (unpaired) electrons. The summed E-state index contributed by atoms with van der Waals surface area (Å²) in [5.41, 5.74) is 11.5. The van der Waals surface area contributed by atoms with Crippen molar-refractivity contribution >= 4 is 14.1 Å². The van der Waals surface area contributed by atoms with Gasteiger partial charge < -0.3 is 4.42 Å². The Morgan fingerprint density at radius 3 is 2.11 bits per heavy atom. The van der Waals surface area contributed by atoms with Crippen LogP contribution in [0.4, 0.5) is 0 Å². The molecule has 140 valence electrons. The highest BCUT2D eigenvalue weighted by atomic mass is 28.3. The minimum absolute atomic E-state index is 0.539. The lowest BCUT2D eigenvalue weighted by Gasteiger charge is -2.38. The summed E-state index contributed by atoms with van der Waals surface area (Å²) >= 11 is 0. The molecule has 2 aliphatic rings. The number of rotatable bonds is 3. The van der Waals surface area contributed by atoms with E-state index in [1.165, 1.54) is 27.8 Å². The van der Waals surface area contributed by atoms with Crippen LogP contribution in [0.2, 0.25) is 18.6 Å². The molecule has 2 aliphatic carbocycles. The van der Waals surface area contributed by atoms with Crippen LogP contribution in [0.1, 0.15) is 50.1 Å². The normalized spacial score (nSPS) is 20.2. The first-order valence-corrected chi connectivity index (χ1v) is 13.1. The molecule has 1 aromatic heterocycles.